The maximum Gasteiger partial charge on any atom is 0.247 e. The zero-order valence-corrected chi connectivity index (χ0v) is 16.6. The highest BCUT2D eigenvalue weighted by molar-refractivity contribution is 6.30. The van der Waals surface area contributed by atoms with Gasteiger partial charge in [-0.05, 0) is 49.9 Å². The minimum atomic E-state index is -0.200. The van der Waals surface area contributed by atoms with E-state index in [9.17, 15) is 9.59 Å². The summed E-state index contributed by atoms with van der Waals surface area (Å²) in [6.45, 7) is 0.698. The normalized spacial score (nSPS) is 23.9. The van der Waals surface area contributed by atoms with Gasteiger partial charge in [-0.3, -0.25) is 19.4 Å². The van der Waals surface area contributed by atoms with Crippen LogP contribution in [-0.4, -0.2) is 44.5 Å². The van der Waals surface area contributed by atoms with Crippen LogP contribution in [0.2, 0.25) is 5.02 Å². The number of halogens is 1. The molecule has 150 valence electrons. The van der Waals surface area contributed by atoms with Gasteiger partial charge in [0.15, 0.2) is 0 Å². The van der Waals surface area contributed by atoms with Gasteiger partial charge >= 0.3 is 0 Å². The second-order valence-corrected chi connectivity index (χ2v) is 8.32. The number of nitrogens with zero attached hydrogens (tertiary/aromatic N) is 4. The van der Waals surface area contributed by atoms with E-state index >= 15 is 0 Å². The maximum absolute atomic E-state index is 12.8. The lowest BCUT2D eigenvalue weighted by Crippen LogP contribution is -2.42. The van der Waals surface area contributed by atoms with Crippen LogP contribution in [0.4, 0.5) is 0 Å². The zero-order chi connectivity index (χ0) is 20.0. The highest BCUT2D eigenvalue weighted by Gasteiger charge is 2.48. The van der Waals surface area contributed by atoms with Crippen molar-refractivity contribution in [3.8, 4) is 11.5 Å². The minimum Gasteiger partial charge on any atom is -0.419 e. The van der Waals surface area contributed by atoms with Gasteiger partial charge in [-0.1, -0.05) is 23.8 Å². The lowest BCUT2D eigenvalue weighted by molar-refractivity contribution is -0.142. The third kappa shape index (κ3) is 3.60. The minimum absolute atomic E-state index is 0.0533. The van der Waals surface area contributed by atoms with Gasteiger partial charge in [-0.2, -0.15) is 0 Å². The fourth-order valence-electron chi connectivity index (χ4n) is 4.12. The SMILES string of the molecule is O=C1[C@H]2CC=CC[C@H]2C(=O)N1CN(Cc1nnc(-c2ccc(Cl)cc2)o1)C1CC1. The van der Waals surface area contributed by atoms with Crippen molar-refractivity contribution in [2.45, 2.75) is 38.3 Å². The molecule has 3 aliphatic rings. The number of allylic oxidation sites excluding steroid dienone is 2. The van der Waals surface area contributed by atoms with Gasteiger partial charge in [0.05, 0.1) is 25.0 Å². The summed E-state index contributed by atoms with van der Waals surface area (Å²) in [5, 5.41) is 8.93. The molecule has 0 spiro atoms. The van der Waals surface area contributed by atoms with Crippen LogP contribution < -0.4 is 0 Å². The van der Waals surface area contributed by atoms with Crippen LogP contribution in [0.3, 0.4) is 0 Å². The Bertz CT molecular complexity index is 941. The molecule has 1 aromatic heterocycles. The highest BCUT2D eigenvalue weighted by atomic mass is 35.5. The van der Waals surface area contributed by atoms with E-state index in [1.165, 1.54) is 4.90 Å². The Morgan fingerprint density at radius 3 is 2.31 bits per heavy atom. The fraction of sp³-hybridized carbons (Fsp3) is 0.429. The van der Waals surface area contributed by atoms with E-state index in [0.717, 1.165) is 18.4 Å². The van der Waals surface area contributed by atoms with Crippen molar-refractivity contribution in [1.82, 2.24) is 20.0 Å². The third-order valence-electron chi connectivity index (χ3n) is 5.88. The van der Waals surface area contributed by atoms with E-state index in [1.807, 2.05) is 24.3 Å². The molecule has 7 nitrogen and oxygen atoms in total. The van der Waals surface area contributed by atoms with Crippen molar-refractivity contribution in [2.24, 2.45) is 11.8 Å². The summed E-state index contributed by atoms with van der Waals surface area (Å²) < 4.78 is 5.83. The number of hydrogen-bond acceptors (Lipinski definition) is 6. The monoisotopic (exact) mass is 412 g/mol. The Hall–Kier alpha value is -2.51. The molecule has 0 N–H and O–H groups in total. The molecule has 2 aliphatic carbocycles. The number of carbonyl (C=O) groups excluding carboxylic acids is 2. The number of rotatable bonds is 6. The standard InChI is InChI=1S/C21H21ClN4O3/c22-14-7-5-13(6-8-14)19-24-23-18(29-19)11-25(15-9-10-15)12-26-20(27)16-3-1-2-4-17(16)21(26)28/h1-2,5-8,15-17H,3-4,9-12H2/t16-,17+. The van der Waals surface area contributed by atoms with Gasteiger partial charge in [0.25, 0.3) is 0 Å². The van der Waals surface area contributed by atoms with Crippen LogP contribution in [0.1, 0.15) is 31.6 Å². The van der Waals surface area contributed by atoms with E-state index < -0.39 is 0 Å². The van der Waals surface area contributed by atoms with Gasteiger partial charge in [0.1, 0.15) is 0 Å². The van der Waals surface area contributed by atoms with E-state index in [-0.39, 0.29) is 30.3 Å². The molecule has 2 atom stereocenters. The molecular formula is C21H21ClN4O3. The number of benzene rings is 1. The van der Waals surface area contributed by atoms with Crippen molar-refractivity contribution in [3.05, 3.63) is 47.3 Å². The molecule has 1 saturated carbocycles. The molecule has 2 amide bonds. The number of likely N-dealkylation sites (tertiary alicyclic amines) is 1. The summed E-state index contributed by atoms with van der Waals surface area (Å²) in [5.74, 6) is 0.393. The lowest BCUT2D eigenvalue weighted by atomic mass is 9.85. The Morgan fingerprint density at radius 1 is 1.03 bits per heavy atom. The van der Waals surface area contributed by atoms with Crippen molar-refractivity contribution in [2.75, 3.05) is 6.67 Å². The Balaban J connectivity index is 1.30. The summed E-state index contributed by atoms with van der Waals surface area (Å²) in [4.78, 5) is 29.1. The quantitative estimate of drug-likeness (QED) is 0.535. The molecule has 8 heteroatoms. The fourth-order valence-corrected chi connectivity index (χ4v) is 4.25. The van der Waals surface area contributed by atoms with E-state index in [0.29, 0.717) is 42.2 Å². The average molecular weight is 413 g/mol. The summed E-state index contributed by atoms with van der Waals surface area (Å²) in [6.07, 6.45) is 7.41. The number of carbonyl (C=O) groups is 2. The molecule has 2 aromatic rings. The molecule has 1 saturated heterocycles. The first-order valence-electron chi connectivity index (χ1n) is 9.93. The molecular weight excluding hydrogens is 392 g/mol. The molecule has 2 heterocycles. The van der Waals surface area contributed by atoms with Crippen LogP contribution in [0.25, 0.3) is 11.5 Å². The van der Waals surface area contributed by atoms with Crippen LogP contribution in [0.5, 0.6) is 0 Å². The Morgan fingerprint density at radius 2 is 1.69 bits per heavy atom. The molecule has 2 fully saturated rings. The van der Waals surface area contributed by atoms with Gasteiger partial charge in [-0.25, -0.2) is 0 Å². The zero-order valence-electron chi connectivity index (χ0n) is 15.8. The molecule has 0 bridgehead atoms. The number of aromatic nitrogens is 2. The summed E-state index contributed by atoms with van der Waals surface area (Å²) in [7, 11) is 0. The smallest absolute Gasteiger partial charge is 0.247 e. The van der Waals surface area contributed by atoms with Crippen molar-refractivity contribution in [1.29, 1.82) is 0 Å². The third-order valence-corrected chi connectivity index (χ3v) is 6.13. The molecule has 29 heavy (non-hydrogen) atoms. The molecule has 0 unspecified atom stereocenters. The maximum atomic E-state index is 12.8. The Kier molecular flexibility index (Phi) is 4.72. The topological polar surface area (TPSA) is 79.5 Å². The summed E-state index contributed by atoms with van der Waals surface area (Å²) in [5.41, 5.74) is 0.799. The highest BCUT2D eigenvalue weighted by Crippen LogP contribution is 2.36. The van der Waals surface area contributed by atoms with Crippen molar-refractivity contribution < 1.29 is 14.0 Å². The van der Waals surface area contributed by atoms with Gasteiger partial charge < -0.3 is 4.42 Å². The number of imide groups is 1. The first-order chi connectivity index (χ1) is 14.1. The lowest BCUT2D eigenvalue weighted by Gasteiger charge is -2.25. The van der Waals surface area contributed by atoms with E-state index in [2.05, 4.69) is 15.1 Å². The molecule has 1 aromatic carbocycles. The number of hydrogen-bond donors (Lipinski definition) is 0. The molecule has 0 radical (unpaired) electrons. The number of amides is 2. The predicted molar refractivity (Wildman–Crippen MR) is 105 cm³/mol. The Labute approximate surface area is 173 Å². The number of fused-ring (bicyclic) bond motifs is 1. The average Bonchev–Trinajstić information content (AvgIpc) is 3.44. The van der Waals surface area contributed by atoms with Crippen LogP contribution in [0.15, 0.2) is 40.8 Å². The van der Waals surface area contributed by atoms with Gasteiger partial charge in [0.2, 0.25) is 23.6 Å². The van der Waals surface area contributed by atoms with Crippen molar-refractivity contribution in [3.63, 3.8) is 0 Å². The summed E-state index contributed by atoms with van der Waals surface area (Å²) in [6, 6.07) is 7.54. The summed E-state index contributed by atoms with van der Waals surface area (Å²) >= 11 is 5.93. The molecule has 1 aliphatic heterocycles. The van der Waals surface area contributed by atoms with Gasteiger partial charge in [0, 0.05) is 16.6 Å². The van der Waals surface area contributed by atoms with Crippen LogP contribution >= 0.6 is 11.6 Å². The second-order valence-electron chi connectivity index (χ2n) is 7.89. The van der Waals surface area contributed by atoms with E-state index in [4.69, 9.17) is 16.0 Å². The van der Waals surface area contributed by atoms with Crippen LogP contribution in [0, 0.1) is 11.8 Å². The molecule has 5 rings (SSSR count). The second kappa shape index (κ2) is 7.39. The first-order valence-corrected chi connectivity index (χ1v) is 10.3. The van der Waals surface area contributed by atoms with Crippen molar-refractivity contribution >= 4 is 23.4 Å². The largest absolute Gasteiger partial charge is 0.419 e. The first kappa shape index (κ1) is 18.5. The van der Waals surface area contributed by atoms with E-state index in [1.54, 1.807) is 12.1 Å². The van der Waals surface area contributed by atoms with Gasteiger partial charge in [-0.15, -0.1) is 10.2 Å². The predicted octanol–water partition coefficient (Wildman–Crippen LogP) is 3.26. The van der Waals surface area contributed by atoms with Crippen LogP contribution in [-0.2, 0) is 16.1 Å².